The van der Waals surface area contributed by atoms with Crippen molar-refractivity contribution in [3.8, 4) is 0 Å². The summed E-state index contributed by atoms with van der Waals surface area (Å²) in [4.78, 5) is 24.0. The van der Waals surface area contributed by atoms with Gasteiger partial charge < -0.3 is 4.90 Å². The number of hydrogen-bond donors (Lipinski definition) is 0. The molecule has 5 nitrogen and oxygen atoms in total. The molecule has 0 N–H and O–H groups in total. The molecule has 120 valence electrons. The molecule has 22 heavy (non-hydrogen) atoms. The molecule has 0 aromatic heterocycles. The second-order valence-corrected chi connectivity index (χ2v) is 6.09. The first-order valence-corrected chi connectivity index (χ1v) is 7.21. The van der Waals surface area contributed by atoms with E-state index in [4.69, 9.17) is 0 Å². The van der Waals surface area contributed by atoms with Gasteiger partial charge in [0.2, 0.25) is 0 Å². The third-order valence-corrected chi connectivity index (χ3v) is 3.84. The SMILES string of the molecule is C=C(C=O)C[C@@H](CN(C)C)c1c(C)cc(C)c([N+](=O)[O-])c1C. The minimum absolute atomic E-state index is 0.00648. The Balaban J connectivity index is 3.46. The minimum Gasteiger partial charge on any atom is -0.309 e. The Labute approximate surface area is 131 Å². The maximum absolute atomic E-state index is 11.4. The Morgan fingerprint density at radius 2 is 1.95 bits per heavy atom. The van der Waals surface area contributed by atoms with Gasteiger partial charge in [-0.25, -0.2) is 0 Å². The Morgan fingerprint density at radius 1 is 1.36 bits per heavy atom. The lowest BCUT2D eigenvalue weighted by Gasteiger charge is -2.25. The smallest absolute Gasteiger partial charge is 0.275 e. The van der Waals surface area contributed by atoms with Gasteiger partial charge in [-0.2, -0.15) is 0 Å². The van der Waals surface area contributed by atoms with Gasteiger partial charge in [0, 0.05) is 23.6 Å². The van der Waals surface area contributed by atoms with E-state index in [9.17, 15) is 14.9 Å². The van der Waals surface area contributed by atoms with Gasteiger partial charge in [0.25, 0.3) is 5.69 Å². The van der Waals surface area contributed by atoms with Crippen LogP contribution in [-0.4, -0.2) is 36.7 Å². The molecule has 0 saturated heterocycles. The molecule has 5 heteroatoms. The fourth-order valence-corrected chi connectivity index (χ4v) is 3.16. The lowest BCUT2D eigenvalue weighted by atomic mass is 9.84. The van der Waals surface area contributed by atoms with Crippen molar-refractivity contribution in [1.82, 2.24) is 4.90 Å². The number of carbonyl (C=O) groups is 1. The van der Waals surface area contributed by atoms with E-state index in [0.29, 0.717) is 29.7 Å². The Morgan fingerprint density at radius 3 is 2.41 bits per heavy atom. The highest BCUT2D eigenvalue weighted by molar-refractivity contribution is 5.72. The van der Waals surface area contributed by atoms with Crippen LogP contribution in [0, 0.1) is 30.9 Å². The van der Waals surface area contributed by atoms with Crippen LogP contribution in [0.2, 0.25) is 0 Å². The Bertz CT molecular complexity index is 606. The first-order valence-electron chi connectivity index (χ1n) is 7.21. The van der Waals surface area contributed by atoms with Crippen LogP contribution in [-0.2, 0) is 4.79 Å². The van der Waals surface area contributed by atoms with Crippen molar-refractivity contribution in [2.75, 3.05) is 20.6 Å². The van der Waals surface area contributed by atoms with E-state index in [1.54, 1.807) is 13.8 Å². The zero-order chi connectivity index (χ0) is 17.0. The van der Waals surface area contributed by atoms with Crippen LogP contribution in [0.4, 0.5) is 5.69 Å². The van der Waals surface area contributed by atoms with E-state index < -0.39 is 0 Å². The lowest BCUT2D eigenvalue weighted by Crippen LogP contribution is -2.22. The number of likely N-dealkylation sites (N-methyl/N-ethyl adjacent to an activating group) is 1. The van der Waals surface area contributed by atoms with E-state index in [2.05, 4.69) is 6.58 Å². The predicted octanol–water partition coefficient (Wildman–Crippen LogP) is 3.31. The van der Waals surface area contributed by atoms with Crippen LogP contribution >= 0.6 is 0 Å². The highest BCUT2D eigenvalue weighted by Crippen LogP contribution is 2.35. The van der Waals surface area contributed by atoms with Crippen LogP contribution in [0.1, 0.15) is 34.6 Å². The average Bonchev–Trinajstić information content (AvgIpc) is 2.36. The molecule has 0 bridgehead atoms. The zero-order valence-electron chi connectivity index (χ0n) is 14.0. The maximum Gasteiger partial charge on any atom is 0.275 e. The molecule has 0 spiro atoms. The number of carbonyl (C=O) groups excluding carboxylic acids is 1. The molecule has 1 rings (SSSR count). The number of benzene rings is 1. The molecule has 0 unspecified atom stereocenters. The molecule has 1 aromatic rings. The van der Waals surface area contributed by atoms with Gasteiger partial charge >= 0.3 is 0 Å². The van der Waals surface area contributed by atoms with Crippen LogP contribution in [0.25, 0.3) is 0 Å². The van der Waals surface area contributed by atoms with Crippen LogP contribution in [0.3, 0.4) is 0 Å². The summed E-state index contributed by atoms with van der Waals surface area (Å²) in [6.45, 7) is 9.98. The molecule has 0 aliphatic rings. The number of aryl methyl sites for hydroxylation is 2. The summed E-state index contributed by atoms with van der Waals surface area (Å²) in [5.74, 6) is 0.00648. The molecular weight excluding hydrogens is 280 g/mol. The van der Waals surface area contributed by atoms with E-state index >= 15 is 0 Å². The number of rotatable bonds is 7. The molecule has 0 radical (unpaired) electrons. The van der Waals surface area contributed by atoms with E-state index in [1.807, 2.05) is 32.0 Å². The topological polar surface area (TPSA) is 63.5 Å². The fraction of sp³-hybridized carbons (Fsp3) is 0.471. The van der Waals surface area contributed by atoms with E-state index in [0.717, 1.165) is 17.4 Å². The summed E-state index contributed by atoms with van der Waals surface area (Å²) in [5, 5.41) is 11.4. The minimum atomic E-state index is -0.325. The number of aldehydes is 1. The second-order valence-electron chi connectivity index (χ2n) is 6.09. The van der Waals surface area contributed by atoms with Crippen molar-refractivity contribution in [3.63, 3.8) is 0 Å². The monoisotopic (exact) mass is 304 g/mol. The zero-order valence-corrected chi connectivity index (χ0v) is 14.0. The number of nitrogens with zero attached hydrogens (tertiary/aromatic N) is 2. The predicted molar refractivity (Wildman–Crippen MR) is 88.4 cm³/mol. The second kappa shape index (κ2) is 7.31. The van der Waals surface area contributed by atoms with Gasteiger partial charge in [-0.05, 0) is 64.1 Å². The molecule has 0 aliphatic carbocycles. The van der Waals surface area contributed by atoms with Gasteiger partial charge in [0.1, 0.15) is 6.29 Å². The third kappa shape index (κ3) is 4.01. The maximum atomic E-state index is 11.4. The summed E-state index contributed by atoms with van der Waals surface area (Å²) in [5.41, 5.74) is 4.00. The first-order chi connectivity index (χ1) is 10.2. The number of nitro benzene ring substituents is 1. The summed E-state index contributed by atoms with van der Waals surface area (Å²) in [6.07, 6.45) is 1.26. The standard InChI is InChI=1S/C17H24N2O3/c1-11(10-20)7-15(9-18(5)6)16-12(2)8-13(3)17(14(16)4)19(21)22/h8,10,15H,1,7,9H2,2-6H3/t15-/m0/s1. The normalized spacial score (nSPS) is 12.3. The highest BCUT2D eigenvalue weighted by Gasteiger charge is 2.25. The van der Waals surface area contributed by atoms with Crippen molar-refractivity contribution in [1.29, 1.82) is 0 Å². The van der Waals surface area contributed by atoms with Crippen molar-refractivity contribution >= 4 is 12.0 Å². The number of nitro groups is 1. The van der Waals surface area contributed by atoms with Crippen molar-refractivity contribution in [2.45, 2.75) is 33.1 Å². The summed E-state index contributed by atoms with van der Waals surface area (Å²) in [6, 6.07) is 1.85. The van der Waals surface area contributed by atoms with Gasteiger partial charge in [-0.1, -0.05) is 6.58 Å². The summed E-state index contributed by atoms with van der Waals surface area (Å²) in [7, 11) is 3.90. The number of hydrogen-bond acceptors (Lipinski definition) is 4. The summed E-state index contributed by atoms with van der Waals surface area (Å²) < 4.78 is 0. The van der Waals surface area contributed by atoms with Crippen LogP contribution in [0.15, 0.2) is 18.2 Å². The Hall–Kier alpha value is -2.01. The molecule has 0 heterocycles. The molecule has 0 saturated carbocycles. The van der Waals surface area contributed by atoms with E-state index in [1.165, 1.54) is 0 Å². The molecule has 0 amide bonds. The largest absolute Gasteiger partial charge is 0.309 e. The highest BCUT2D eigenvalue weighted by atomic mass is 16.6. The fourth-order valence-electron chi connectivity index (χ4n) is 3.16. The average molecular weight is 304 g/mol. The number of allylic oxidation sites excluding steroid dienone is 1. The van der Waals surface area contributed by atoms with Gasteiger partial charge in [-0.3, -0.25) is 14.9 Å². The Kier molecular flexibility index (Phi) is 6.00. The van der Waals surface area contributed by atoms with Crippen molar-refractivity contribution in [3.05, 3.63) is 50.6 Å². The molecule has 1 atom stereocenters. The van der Waals surface area contributed by atoms with E-state index in [-0.39, 0.29) is 16.5 Å². The molecule has 1 aromatic carbocycles. The third-order valence-electron chi connectivity index (χ3n) is 3.84. The summed E-state index contributed by atoms with van der Waals surface area (Å²) >= 11 is 0. The van der Waals surface area contributed by atoms with Gasteiger partial charge in [-0.15, -0.1) is 0 Å². The van der Waals surface area contributed by atoms with Crippen molar-refractivity contribution in [2.24, 2.45) is 0 Å². The quantitative estimate of drug-likeness (QED) is 0.335. The van der Waals surface area contributed by atoms with Gasteiger partial charge in [0.05, 0.1) is 4.92 Å². The van der Waals surface area contributed by atoms with Gasteiger partial charge in [0.15, 0.2) is 0 Å². The van der Waals surface area contributed by atoms with Crippen molar-refractivity contribution < 1.29 is 9.72 Å². The molecule has 0 aliphatic heterocycles. The molecule has 0 fully saturated rings. The first kappa shape index (κ1) is 18.0. The lowest BCUT2D eigenvalue weighted by molar-refractivity contribution is -0.386. The molecular formula is C17H24N2O3. The van der Waals surface area contributed by atoms with Crippen LogP contribution < -0.4 is 0 Å². The van der Waals surface area contributed by atoms with Crippen LogP contribution in [0.5, 0.6) is 0 Å².